The molecular weight excluding hydrogens is 413 g/mol. The van der Waals surface area contributed by atoms with Gasteiger partial charge in [-0.2, -0.15) is 0 Å². The van der Waals surface area contributed by atoms with Gasteiger partial charge in [0, 0.05) is 17.4 Å². The van der Waals surface area contributed by atoms with Crippen LogP contribution < -0.4 is 9.64 Å². The maximum absolute atomic E-state index is 13.6. The summed E-state index contributed by atoms with van der Waals surface area (Å²) in [6.45, 7) is 2.23. The molecule has 0 aliphatic carbocycles. The molecule has 1 atom stereocenters. The second-order valence-corrected chi connectivity index (χ2v) is 8.20. The van der Waals surface area contributed by atoms with E-state index in [2.05, 4.69) is 4.98 Å². The molecule has 6 nitrogen and oxygen atoms in total. The maximum Gasteiger partial charge on any atom is 0.332 e. The SMILES string of the molecule is COc1ccc2[nH]c3c(c2c1)CCN1C(=O)N(c2ccc(Cl)c(Cl)c2)C(=O)[C@@]31C. The van der Waals surface area contributed by atoms with E-state index in [0.717, 1.165) is 27.9 Å². The Morgan fingerprint density at radius 3 is 2.62 bits per heavy atom. The van der Waals surface area contributed by atoms with Gasteiger partial charge >= 0.3 is 6.03 Å². The topological polar surface area (TPSA) is 65.6 Å². The molecule has 2 aliphatic rings. The Morgan fingerprint density at radius 1 is 1.10 bits per heavy atom. The number of halogens is 2. The van der Waals surface area contributed by atoms with Crippen LogP contribution in [0, 0.1) is 0 Å². The summed E-state index contributed by atoms with van der Waals surface area (Å²) in [7, 11) is 1.62. The van der Waals surface area contributed by atoms with Crippen LogP contribution in [0.2, 0.25) is 10.0 Å². The first-order valence-corrected chi connectivity index (χ1v) is 9.92. The molecule has 1 aromatic heterocycles. The summed E-state index contributed by atoms with van der Waals surface area (Å²) in [5.74, 6) is 0.429. The average molecular weight is 430 g/mol. The number of imide groups is 1. The number of rotatable bonds is 2. The van der Waals surface area contributed by atoms with Gasteiger partial charge in [-0.15, -0.1) is 0 Å². The minimum absolute atomic E-state index is 0.290. The number of aromatic amines is 1. The van der Waals surface area contributed by atoms with Crippen molar-refractivity contribution < 1.29 is 14.3 Å². The molecule has 3 aromatic rings. The van der Waals surface area contributed by atoms with Gasteiger partial charge in [-0.1, -0.05) is 23.2 Å². The highest BCUT2D eigenvalue weighted by Gasteiger charge is 2.59. The molecule has 0 saturated carbocycles. The van der Waals surface area contributed by atoms with E-state index >= 15 is 0 Å². The van der Waals surface area contributed by atoms with Gasteiger partial charge in [0.25, 0.3) is 5.91 Å². The summed E-state index contributed by atoms with van der Waals surface area (Å²) in [6, 6.07) is 10.1. The lowest BCUT2D eigenvalue weighted by atomic mass is 9.87. The number of benzene rings is 2. The smallest absolute Gasteiger partial charge is 0.332 e. The van der Waals surface area contributed by atoms with Crippen LogP contribution in [0.4, 0.5) is 10.5 Å². The Morgan fingerprint density at radius 2 is 1.90 bits per heavy atom. The minimum atomic E-state index is -1.12. The Labute approximate surface area is 176 Å². The summed E-state index contributed by atoms with van der Waals surface area (Å²) in [5.41, 5.74) is 1.97. The number of anilines is 1. The van der Waals surface area contributed by atoms with Gasteiger partial charge in [0.1, 0.15) is 5.75 Å². The molecule has 148 valence electrons. The highest BCUT2D eigenvalue weighted by molar-refractivity contribution is 6.42. The molecule has 0 bridgehead atoms. The van der Waals surface area contributed by atoms with Crippen molar-refractivity contribution in [1.82, 2.24) is 9.88 Å². The molecule has 8 heteroatoms. The first-order chi connectivity index (χ1) is 13.9. The summed E-state index contributed by atoms with van der Waals surface area (Å²) < 4.78 is 5.35. The largest absolute Gasteiger partial charge is 0.497 e. The average Bonchev–Trinajstić information content (AvgIpc) is 3.18. The fourth-order valence-corrected chi connectivity index (χ4v) is 4.69. The van der Waals surface area contributed by atoms with Crippen LogP contribution in [0.5, 0.6) is 5.75 Å². The molecule has 3 amide bonds. The second kappa shape index (κ2) is 6.15. The molecule has 2 aliphatic heterocycles. The van der Waals surface area contributed by atoms with E-state index in [9.17, 15) is 9.59 Å². The van der Waals surface area contributed by atoms with E-state index in [1.54, 1.807) is 37.1 Å². The Hall–Kier alpha value is -2.70. The standard InChI is InChI=1S/C21H17Cl2N3O3/c1-21-18-13(14-10-12(29-2)4-6-17(14)24-18)7-8-25(21)20(28)26(19(21)27)11-3-5-15(22)16(23)9-11/h3-6,9-10,24H,7-8H2,1-2H3/t21-/m1/s1. The lowest BCUT2D eigenvalue weighted by Gasteiger charge is -2.35. The zero-order chi connectivity index (χ0) is 20.5. The maximum atomic E-state index is 13.6. The number of amides is 3. The number of nitrogens with one attached hydrogen (secondary N) is 1. The number of carbonyl (C=O) groups excluding carboxylic acids is 2. The molecule has 5 rings (SSSR count). The number of urea groups is 1. The Balaban J connectivity index is 1.67. The quantitative estimate of drug-likeness (QED) is 0.599. The van der Waals surface area contributed by atoms with Crippen molar-refractivity contribution in [3.8, 4) is 5.75 Å². The molecule has 3 heterocycles. The van der Waals surface area contributed by atoms with E-state index in [0.29, 0.717) is 23.7 Å². The third kappa shape index (κ3) is 2.36. The van der Waals surface area contributed by atoms with Gasteiger partial charge in [0.15, 0.2) is 5.54 Å². The number of nitrogens with zero attached hydrogens (tertiary/aromatic N) is 2. The van der Waals surface area contributed by atoms with Gasteiger partial charge in [-0.25, -0.2) is 9.69 Å². The summed E-state index contributed by atoms with van der Waals surface area (Å²) in [4.78, 5) is 33.0. The Kier molecular flexibility index (Phi) is 3.89. The number of hydrogen-bond acceptors (Lipinski definition) is 3. The summed E-state index contributed by atoms with van der Waals surface area (Å²) in [6.07, 6.45) is 0.645. The molecular formula is C21H17Cl2N3O3. The highest BCUT2D eigenvalue weighted by atomic mass is 35.5. The number of methoxy groups -OCH3 is 1. The lowest BCUT2D eigenvalue weighted by Crippen LogP contribution is -2.49. The van der Waals surface area contributed by atoms with Crippen molar-refractivity contribution in [3.05, 3.63) is 57.7 Å². The van der Waals surface area contributed by atoms with Crippen LogP contribution in [0.25, 0.3) is 10.9 Å². The summed E-state index contributed by atoms with van der Waals surface area (Å²) >= 11 is 12.1. The fourth-order valence-electron chi connectivity index (χ4n) is 4.40. The highest BCUT2D eigenvalue weighted by Crippen LogP contribution is 2.46. The second-order valence-electron chi connectivity index (χ2n) is 7.39. The van der Waals surface area contributed by atoms with Gasteiger partial charge in [0.05, 0.1) is 28.5 Å². The Bertz CT molecular complexity index is 1210. The van der Waals surface area contributed by atoms with Crippen molar-refractivity contribution >= 4 is 51.7 Å². The van der Waals surface area contributed by atoms with Gasteiger partial charge in [-0.3, -0.25) is 4.79 Å². The van der Waals surface area contributed by atoms with E-state index in [4.69, 9.17) is 27.9 Å². The van der Waals surface area contributed by atoms with E-state index < -0.39 is 5.54 Å². The first kappa shape index (κ1) is 18.3. The predicted molar refractivity (Wildman–Crippen MR) is 112 cm³/mol. The normalized spacial score (nSPS) is 21.0. The molecule has 2 aromatic carbocycles. The van der Waals surface area contributed by atoms with Crippen molar-refractivity contribution in [2.75, 3.05) is 18.6 Å². The van der Waals surface area contributed by atoms with Crippen LogP contribution >= 0.6 is 23.2 Å². The molecule has 0 radical (unpaired) electrons. The minimum Gasteiger partial charge on any atom is -0.497 e. The first-order valence-electron chi connectivity index (χ1n) is 9.16. The third-order valence-electron chi connectivity index (χ3n) is 5.93. The van der Waals surface area contributed by atoms with Crippen molar-refractivity contribution in [2.24, 2.45) is 0 Å². The van der Waals surface area contributed by atoms with Crippen LogP contribution in [-0.4, -0.2) is 35.5 Å². The molecule has 0 spiro atoms. The van der Waals surface area contributed by atoms with Crippen molar-refractivity contribution in [3.63, 3.8) is 0 Å². The molecule has 29 heavy (non-hydrogen) atoms. The predicted octanol–water partition coefficient (Wildman–Crippen LogP) is 4.72. The number of fused-ring (bicyclic) bond motifs is 5. The number of aromatic nitrogens is 1. The number of carbonyl (C=O) groups is 2. The van der Waals surface area contributed by atoms with Crippen molar-refractivity contribution in [1.29, 1.82) is 0 Å². The molecule has 1 fully saturated rings. The van der Waals surface area contributed by atoms with Gasteiger partial charge in [0.2, 0.25) is 0 Å². The van der Waals surface area contributed by atoms with Crippen LogP contribution in [0.15, 0.2) is 36.4 Å². The summed E-state index contributed by atoms with van der Waals surface area (Å²) in [5, 5.41) is 1.66. The van der Waals surface area contributed by atoms with Crippen LogP contribution in [0.3, 0.4) is 0 Å². The third-order valence-corrected chi connectivity index (χ3v) is 6.67. The number of hydrogen-bond donors (Lipinski definition) is 1. The number of H-pyrrole nitrogens is 1. The zero-order valence-electron chi connectivity index (χ0n) is 15.8. The van der Waals surface area contributed by atoms with Crippen molar-refractivity contribution in [2.45, 2.75) is 18.9 Å². The van der Waals surface area contributed by atoms with Gasteiger partial charge < -0.3 is 14.6 Å². The monoisotopic (exact) mass is 429 g/mol. The van der Waals surface area contributed by atoms with Crippen LogP contribution in [0.1, 0.15) is 18.2 Å². The van der Waals surface area contributed by atoms with E-state index in [1.165, 1.54) is 4.90 Å². The molecule has 1 saturated heterocycles. The van der Waals surface area contributed by atoms with E-state index in [-0.39, 0.29) is 17.0 Å². The molecule has 0 unspecified atom stereocenters. The molecule has 1 N–H and O–H groups in total. The van der Waals surface area contributed by atoms with E-state index in [1.807, 2.05) is 18.2 Å². The van der Waals surface area contributed by atoms with Crippen LogP contribution in [-0.2, 0) is 16.8 Å². The van der Waals surface area contributed by atoms with Gasteiger partial charge in [-0.05, 0) is 55.3 Å². The fraction of sp³-hybridized carbons (Fsp3) is 0.238. The zero-order valence-corrected chi connectivity index (χ0v) is 17.3. The number of ether oxygens (including phenoxy) is 1. The lowest BCUT2D eigenvalue weighted by molar-refractivity contribution is -0.125.